The summed E-state index contributed by atoms with van der Waals surface area (Å²) < 4.78 is 37.9. The minimum Gasteiger partial charge on any atom is -0.357 e. The van der Waals surface area contributed by atoms with Crippen LogP contribution in [0.3, 0.4) is 0 Å². The first-order chi connectivity index (χ1) is 12.0. The van der Waals surface area contributed by atoms with Crippen LogP contribution in [0.5, 0.6) is 0 Å². The van der Waals surface area contributed by atoms with E-state index in [0.29, 0.717) is 23.1 Å². The Balaban J connectivity index is 1.89. The maximum Gasteiger partial charge on any atom is 0.416 e. The first kappa shape index (κ1) is 16.7. The number of halogens is 3. The van der Waals surface area contributed by atoms with E-state index in [9.17, 15) is 13.2 Å². The average molecular weight is 345 g/mol. The molecule has 0 atom stereocenters. The highest BCUT2D eigenvalue weighted by Crippen LogP contribution is 2.30. The van der Waals surface area contributed by atoms with Crippen molar-refractivity contribution in [3.8, 4) is 11.3 Å². The Bertz CT molecular complexity index is 848. The summed E-state index contributed by atoms with van der Waals surface area (Å²) in [5.74, 6) is 0.841. The molecule has 2 N–H and O–H groups in total. The third kappa shape index (κ3) is 4.03. The van der Waals surface area contributed by atoms with E-state index in [1.807, 2.05) is 6.07 Å². The summed E-state index contributed by atoms with van der Waals surface area (Å²) in [6.45, 7) is 0. The molecule has 0 saturated carbocycles. The first-order valence-corrected chi connectivity index (χ1v) is 7.37. The highest BCUT2D eigenvalue weighted by molar-refractivity contribution is 5.66. The Morgan fingerprint density at radius 1 is 1.00 bits per heavy atom. The van der Waals surface area contributed by atoms with Crippen LogP contribution in [0.1, 0.15) is 5.56 Å². The number of nitrogens with one attached hydrogen (secondary N) is 2. The number of rotatable bonds is 4. The van der Waals surface area contributed by atoms with Gasteiger partial charge in [0.2, 0.25) is 5.95 Å². The fourth-order valence-corrected chi connectivity index (χ4v) is 2.18. The second kappa shape index (κ2) is 6.76. The molecule has 0 bridgehead atoms. The van der Waals surface area contributed by atoms with Crippen LogP contribution in [0.4, 0.5) is 30.6 Å². The number of hydrogen-bond acceptors (Lipinski definition) is 5. The summed E-state index contributed by atoms with van der Waals surface area (Å²) in [5, 5.41) is 5.85. The molecule has 0 saturated heterocycles. The van der Waals surface area contributed by atoms with Crippen LogP contribution in [0.15, 0.2) is 54.9 Å². The van der Waals surface area contributed by atoms with Crippen molar-refractivity contribution < 1.29 is 13.2 Å². The fraction of sp³-hybridized carbons (Fsp3) is 0.118. The van der Waals surface area contributed by atoms with Crippen LogP contribution in [0.2, 0.25) is 0 Å². The molecule has 128 valence electrons. The molecule has 2 aromatic heterocycles. The summed E-state index contributed by atoms with van der Waals surface area (Å²) in [5.41, 5.74) is 1.23. The van der Waals surface area contributed by atoms with Gasteiger partial charge >= 0.3 is 6.18 Å². The fourth-order valence-electron chi connectivity index (χ4n) is 2.18. The maximum atomic E-state index is 12.6. The molecule has 0 amide bonds. The molecule has 0 aliphatic rings. The molecule has 2 heterocycles. The van der Waals surface area contributed by atoms with Crippen molar-refractivity contribution in [1.29, 1.82) is 0 Å². The lowest BCUT2D eigenvalue weighted by atomic mass is 10.2. The van der Waals surface area contributed by atoms with Crippen molar-refractivity contribution in [2.75, 3.05) is 17.7 Å². The number of anilines is 3. The van der Waals surface area contributed by atoms with E-state index in [4.69, 9.17) is 0 Å². The Morgan fingerprint density at radius 2 is 1.76 bits per heavy atom. The summed E-state index contributed by atoms with van der Waals surface area (Å²) >= 11 is 0. The van der Waals surface area contributed by atoms with E-state index in [2.05, 4.69) is 25.6 Å². The van der Waals surface area contributed by atoms with Crippen LogP contribution in [-0.4, -0.2) is 22.0 Å². The molecule has 3 rings (SSSR count). The summed E-state index contributed by atoms with van der Waals surface area (Å²) in [6.07, 6.45) is -1.03. The molecule has 8 heteroatoms. The van der Waals surface area contributed by atoms with Gasteiger partial charge < -0.3 is 10.6 Å². The molecule has 25 heavy (non-hydrogen) atoms. The van der Waals surface area contributed by atoms with Crippen molar-refractivity contribution >= 4 is 17.5 Å². The number of nitrogens with zero attached hydrogens (tertiary/aromatic N) is 3. The average Bonchev–Trinajstić information content (AvgIpc) is 2.62. The zero-order valence-corrected chi connectivity index (χ0v) is 13.2. The van der Waals surface area contributed by atoms with Gasteiger partial charge in [0.05, 0.1) is 11.3 Å². The second-order valence-electron chi connectivity index (χ2n) is 5.15. The van der Waals surface area contributed by atoms with Crippen LogP contribution in [0.25, 0.3) is 11.3 Å². The summed E-state index contributed by atoms with van der Waals surface area (Å²) in [6, 6.07) is 10.1. The van der Waals surface area contributed by atoms with Crippen molar-refractivity contribution in [3.05, 3.63) is 60.4 Å². The Hall–Kier alpha value is -3.16. The normalized spacial score (nSPS) is 11.2. The molecule has 0 aliphatic carbocycles. The third-order valence-electron chi connectivity index (χ3n) is 3.39. The Morgan fingerprint density at radius 3 is 2.36 bits per heavy atom. The molecule has 0 fully saturated rings. The lowest BCUT2D eigenvalue weighted by molar-refractivity contribution is -0.137. The molecule has 1 aromatic carbocycles. The van der Waals surface area contributed by atoms with Gasteiger partial charge in [0.1, 0.15) is 5.82 Å². The zero-order valence-electron chi connectivity index (χ0n) is 13.2. The lowest BCUT2D eigenvalue weighted by Gasteiger charge is -2.11. The van der Waals surface area contributed by atoms with Gasteiger partial charge in [-0.15, -0.1) is 0 Å². The summed E-state index contributed by atoms with van der Waals surface area (Å²) in [4.78, 5) is 12.7. The van der Waals surface area contributed by atoms with E-state index in [1.54, 1.807) is 31.6 Å². The quantitative estimate of drug-likeness (QED) is 0.736. The van der Waals surface area contributed by atoms with Gasteiger partial charge in [0, 0.05) is 36.8 Å². The topological polar surface area (TPSA) is 62.7 Å². The lowest BCUT2D eigenvalue weighted by Crippen LogP contribution is -2.05. The monoisotopic (exact) mass is 345 g/mol. The van der Waals surface area contributed by atoms with Gasteiger partial charge in [-0.1, -0.05) is 0 Å². The number of benzene rings is 1. The number of alkyl halides is 3. The second-order valence-corrected chi connectivity index (χ2v) is 5.15. The Labute approximate surface area is 142 Å². The van der Waals surface area contributed by atoms with Crippen LogP contribution < -0.4 is 10.6 Å². The highest BCUT2D eigenvalue weighted by Gasteiger charge is 2.29. The van der Waals surface area contributed by atoms with Gasteiger partial charge in [-0.2, -0.15) is 18.2 Å². The molecular weight excluding hydrogens is 331 g/mol. The maximum absolute atomic E-state index is 12.6. The summed E-state index contributed by atoms with van der Waals surface area (Å²) in [7, 11) is 1.68. The smallest absolute Gasteiger partial charge is 0.357 e. The molecule has 3 aromatic rings. The number of hydrogen-bond donors (Lipinski definition) is 2. The minimum absolute atomic E-state index is 0.385. The van der Waals surface area contributed by atoms with Gasteiger partial charge in [0.25, 0.3) is 0 Å². The van der Waals surface area contributed by atoms with E-state index >= 15 is 0 Å². The number of aromatic nitrogens is 3. The molecule has 0 spiro atoms. The van der Waals surface area contributed by atoms with Crippen LogP contribution >= 0.6 is 0 Å². The van der Waals surface area contributed by atoms with Crippen molar-refractivity contribution in [2.24, 2.45) is 0 Å². The molecular formula is C17H14F3N5. The molecule has 5 nitrogen and oxygen atoms in total. The van der Waals surface area contributed by atoms with Crippen LogP contribution in [-0.2, 0) is 6.18 Å². The van der Waals surface area contributed by atoms with Gasteiger partial charge in [0.15, 0.2) is 0 Å². The van der Waals surface area contributed by atoms with Crippen molar-refractivity contribution in [1.82, 2.24) is 15.0 Å². The molecule has 0 unspecified atom stereocenters. The first-order valence-electron chi connectivity index (χ1n) is 7.37. The van der Waals surface area contributed by atoms with Gasteiger partial charge in [-0.05, 0) is 36.4 Å². The number of pyridine rings is 1. The molecule has 0 radical (unpaired) electrons. The standard InChI is InChI=1S/C17H14F3N5/c1-21-16-24-14(11-3-2-8-22-10-11)9-15(25-16)23-13-6-4-12(5-7-13)17(18,19)20/h2-10H,1H3,(H2,21,23,24,25). The third-order valence-corrected chi connectivity index (χ3v) is 3.39. The van der Waals surface area contributed by atoms with Crippen molar-refractivity contribution in [2.45, 2.75) is 6.18 Å². The zero-order chi connectivity index (χ0) is 17.9. The Kier molecular flexibility index (Phi) is 4.51. The predicted octanol–water partition coefficient (Wildman–Crippen LogP) is 4.34. The van der Waals surface area contributed by atoms with E-state index in [1.165, 1.54) is 12.1 Å². The van der Waals surface area contributed by atoms with E-state index < -0.39 is 11.7 Å². The highest BCUT2D eigenvalue weighted by atomic mass is 19.4. The van der Waals surface area contributed by atoms with Crippen molar-refractivity contribution in [3.63, 3.8) is 0 Å². The SMILES string of the molecule is CNc1nc(Nc2ccc(C(F)(F)F)cc2)cc(-c2cccnc2)n1. The largest absolute Gasteiger partial charge is 0.416 e. The minimum atomic E-state index is -4.36. The van der Waals surface area contributed by atoms with E-state index in [0.717, 1.165) is 17.7 Å². The van der Waals surface area contributed by atoms with Gasteiger partial charge in [-0.3, -0.25) is 4.98 Å². The van der Waals surface area contributed by atoms with Crippen LogP contribution in [0, 0.1) is 0 Å². The predicted molar refractivity (Wildman–Crippen MR) is 89.5 cm³/mol. The van der Waals surface area contributed by atoms with Gasteiger partial charge in [-0.25, -0.2) is 4.98 Å². The molecule has 0 aliphatic heterocycles. The van der Waals surface area contributed by atoms with E-state index in [-0.39, 0.29) is 0 Å².